The second-order valence-electron chi connectivity index (χ2n) is 6.03. The molecule has 2 rings (SSSR count). The van der Waals surface area contributed by atoms with E-state index in [1.807, 2.05) is 6.07 Å². The maximum absolute atomic E-state index is 12.3. The van der Waals surface area contributed by atoms with Crippen LogP contribution in [0.25, 0.3) is 0 Å². The number of carbonyl (C=O) groups is 3. The maximum Gasteiger partial charge on any atom is 0.308 e. The van der Waals surface area contributed by atoms with Gasteiger partial charge in [-0.25, -0.2) is 0 Å². The van der Waals surface area contributed by atoms with Crippen LogP contribution in [0.2, 0.25) is 5.02 Å². The quantitative estimate of drug-likeness (QED) is 0.740. The first-order valence-electron chi connectivity index (χ1n) is 8.38. The van der Waals surface area contributed by atoms with Crippen molar-refractivity contribution in [2.24, 2.45) is 0 Å². The summed E-state index contributed by atoms with van der Waals surface area (Å²) in [6.45, 7) is 0.0952. The molecule has 0 aliphatic carbocycles. The predicted molar refractivity (Wildman–Crippen MR) is 102 cm³/mol. The Labute approximate surface area is 163 Å². The first kappa shape index (κ1) is 20.5. The largest absolute Gasteiger partial charge is 0.447 e. The van der Waals surface area contributed by atoms with Gasteiger partial charge in [0.15, 0.2) is 0 Å². The van der Waals surface area contributed by atoms with Crippen LogP contribution in [0.3, 0.4) is 0 Å². The normalized spacial score (nSPS) is 11.4. The van der Waals surface area contributed by atoms with E-state index >= 15 is 0 Å². The zero-order valence-corrected chi connectivity index (χ0v) is 15.9. The Balaban J connectivity index is 1.91. The zero-order valence-electron chi connectivity index (χ0n) is 15.1. The third-order valence-corrected chi connectivity index (χ3v) is 3.99. The molecule has 2 aromatic carbocycles. The molecule has 0 radical (unpaired) electrons. The number of benzene rings is 2. The topological polar surface area (TPSA) is 75.7 Å². The van der Waals surface area contributed by atoms with Crippen LogP contribution in [-0.2, 0) is 14.3 Å². The highest BCUT2D eigenvalue weighted by Crippen LogP contribution is 2.20. The molecule has 0 unspecified atom stereocenters. The number of carbonyl (C=O) groups excluding carboxylic acids is 3. The van der Waals surface area contributed by atoms with E-state index in [2.05, 4.69) is 5.32 Å². The van der Waals surface area contributed by atoms with Crippen molar-refractivity contribution in [1.82, 2.24) is 10.2 Å². The molecule has 1 N–H and O–H groups in total. The van der Waals surface area contributed by atoms with Crippen molar-refractivity contribution >= 4 is 29.4 Å². The maximum atomic E-state index is 12.3. The van der Waals surface area contributed by atoms with Crippen molar-refractivity contribution in [1.29, 1.82) is 0 Å². The van der Waals surface area contributed by atoms with Crippen molar-refractivity contribution in [3.8, 4) is 0 Å². The van der Waals surface area contributed by atoms with Crippen LogP contribution in [0.4, 0.5) is 0 Å². The van der Waals surface area contributed by atoms with Crippen LogP contribution in [0, 0.1) is 0 Å². The number of hydrogen-bond acceptors (Lipinski definition) is 4. The molecule has 0 heterocycles. The molecule has 0 fully saturated rings. The van der Waals surface area contributed by atoms with Crippen LogP contribution >= 0.6 is 11.6 Å². The second kappa shape index (κ2) is 9.73. The Hall–Kier alpha value is -2.86. The summed E-state index contributed by atoms with van der Waals surface area (Å²) in [4.78, 5) is 37.9. The number of likely N-dealkylation sites (N-methyl/N-ethyl adjacent to an activating group) is 1. The van der Waals surface area contributed by atoms with E-state index in [0.717, 1.165) is 0 Å². The Morgan fingerprint density at radius 3 is 2.26 bits per heavy atom. The van der Waals surface area contributed by atoms with E-state index in [9.17, 15) is 14.4 Å². The molecule has 0 bridgehead atoms. The van der Waals surface area contributed by atoms with Gasteiger partial charge >= 0.3 is 5.97 Å². The SMILES string of the molecule is CN(C)C(=O)[C@H](OC(=O)CCNC(=O)c1ccc(Cl)cc1)c1ccccc1. The van der Waals surface area contributed by atoms with E-state index < -0.39 is 12.1 Å². The van der Waals surface area contributed by atoms with Gasteiger partial charge in [-0.2, -0.15) is 0 Å². The number of nitrogens with one attached hydrogen (secondary N) is 1. The summed E-state index contributed by atoms with van der Waals surface area (Å²) in [5.41, 5.74) is 1.03. The minimum absolute atomic E-state index is 0.0522. The molecule has 7 heteroatoms. The van der Waals surface area contributed by atoms with Crippen molar-refractivity contribution < 1.29 is 19.1 Å². The predicted octanol–water partition coefficient (Wildman–Crippen LogP) is 2.83. The minimum Gasteiger partial charge on any atom is -0.447 e. The van der Waals surface area contributed by atoms with Crippen LogP contribution in [0.15, 0.2) is 54.6 Å². The Kier molecular flexibility index (Phi) is 7.37. The highest BCUT2D eigenvalue weighted by atomic mass is 35.5. The number of amides is 2. The summed E-state index contributed by atoms with van der Waals surface area (Å²) in [5, 5.41) is 3.17. The number of esters is 1. The first-order chi connectivity index (χ1) is 12.9. The molecule has 27 heavy (non-hydrogen) atoms. The number of rotatable bonds is 7. The smallest absolute Gasteiger partial charge is 0.308 e. The molecule has 0 saturated heterocycles. The van der Waals surface area contributed by atoms with E-state index in [-0.39, 0.29) is 24.8 Å². The summed E-state index contributed by atoms with van der Waals surface area (Å²) in [5.74, 6) is -1.22. The highest BCUT2D eigenvalue weighted by Gasteiger charge is 2.26. The Morgan fingerprint density at radius 2 is 1.67 bits per heavy atom. The lowest BCUT2D eigenvalue weighted by Crippen LogP contribution is -2.32. The second-order valence-corrected chi connectivity index (χ2v) is 6.46. The lowest BCUT2D eigenvalue weighted by atomic mass is 10.1. The van der Waals surface area contributed by atoms with Gasteiger partial charge < -0.3 is 15.0 Å². The van der Waals surface area contributed by atoms with Gasteiger partial charge in [-0.3, -0.25) is 14.4 Å². The van der Waals surface area contributed by atoms with Gasteiger partial charge in [0, 0.05) is 36.8 Å². The van der Waals surface area contributed by atoms with Gasteiger partial charge in [0.2, 0.25) is 6.10 Å². The van der Waals surface area contributed by atoms with Gasteiger partial charge in [-0.05, 0) is 24.3 Å². The summed E-state index contributed by atoms with van der Waals surface area (Å²) >= 11 is 5.79. The standard InChI is InChI=1S/C20H21ClN2O4/c1-23(2)20(26)18(14-6-4-3-5-7-14)27-17(24)12-13-22-19(25)15-8-10-16(21)11-9-15/h3-11,18H,12-13H2,1-2H3,(H,22,25)/t18-/m1/s1. The van der Waals surface area contributed by atoms with Gasteiger partial charge in [0.25, 0.3) is 11.8 Å². The summed E-state index contributed by atoms with van der Waals surface area (Å²) in [7, 11) is 3.19. The minimum atomic E-state index is -1.01. The molecular formula is C20H21ClN2O4. The third kappa shape index (κ3) is 6.11. The van der Waals surface area contributed by atoms with Crippen LogP contribution < -0.4 is 5.32 Å². The van der Waals surface area contributed by atoms with Crippen LogP contribution in [0.1, 0.15) is 28.4 Å². The van der Waals surface area contributed by atoms with Crippen molar-refractivity contribution in [2.45, 2.75) is 12.5 Å². The van der Waals surface area contributed by atoms with Gasteiger partial charge in [0.1, 0.15) is 0 Å². The number of nitrogens with zero attached hydrogens (tertiary/aromatic N) is 1. The molecule has 0 aliphatic rings. The summed E-state index contributed by atoms with van der Waals surface area (Å²) < 4.78 is 5.36. The molecular weight excluding hydrogens is 368 g/mol. The fourth-order valence-electron chi connectivity index (χ4n) is 2.30. The van der Waals surface area contributed by atoms with Crippen LogP contribution in [-0.4, -0.2) is 43.3 Å². The lowest BCUT2D eigenvalue weighted by Gasteiger charge is -2.21. The molecule has 0 saturated carbocycles. The zero-order chi connectivity index (χ0) is 19.8. The molecule has 0 aromatic heterocycles. The molecule has 2 amide bonds. The van der Waals surface area contributed by atoms with Crippen molar-refractivity contribution in [2.75, 3.05) is 20.6 Å². The molecule has 0 aliphatic heterocycles. The van der Waals surface area contributed by atoms with Gasteiger partial charge in [-0.15, -0.1) is 0 Å². The van der Waals surface area contributed by atoms with Crippen molar-refractivity contribution in [3.63, 3.8) is 0 Å². The Morgan fingerprint density at radius 1 is 1.04 bits per heavy atom. The Bertz CT molecular complexity index is 791. The molecule has 6 nitrogen and oxygen atoms in total. The first-order valence-corrected chi connectivity index (χ1v) is 8.75. The van der Waals surface area contributed by atoms with E-state index in [1.54, 1.807) is 62.6 Å². The van der Waals surface area contributed by atoms with Crippen molar-refractivity contribution in [3.05, 3.63) is 70.7 Å². The molecule has 1 atom stereocenters. The summed E-state index contributed by atoms with van der Waals surface area (Å²) in [6.07, 6.45) is -1.07. The van der Waals surface area contributed by atoms with Gasteiger partial charge in [-0.1, -0.05) is 41.9 Å². The monoisotopic (exact) mass is 388 g/mol. The fraction of sp³-hybridized carbons (Fsp3) is 0.250. The molecule has 2 aromatic rings. The average molecular weight is 389 g/mol. The fourth-order valence-corrected chi connectivity index (χ4v) is 2.42. The van der Waals surface area contributed by atoms with Gasteiger partial charge in [0.05, 0.1) is 6.42 Å². The van der Waals surface area contributed by atoms with Crippen LogP contribution in [0.5, 0.6) is 0 Å². The number of halogens is 1. The molecule has 0 spiro atoms. The number of hydrogen-bond donors (Lipinski definition) is 1. The number of ether oxygens (including phenoxy) is 1. The lowest BCUT2D eigenvalue weighted by molar-refractivity contribution is -0.159. The average Bonchev–Trinajstić information content (AvgIpc) is 2.66. The molecule has 142 valence electrons. The summed E-state index contributed by atoms with van der Waals surface area (Å²) in [6, 6.07) is 15.2. The highest BCUT2D eigenvalue weighted by molar-refractivity contribution is 6.30. The van der Waals surface area contributed by atoms with E-state index in [4.69, 9.17) is 16.3 Å². The third-order valence-electron chi connectivity index (χ3n) is 3.74. The van der Waals surface area contributed by atoms with E-state index in [1.165, 1.54) is 4.90 Å². The van der Waals surface area contributed by atoms with E-state index in [0.29, 0.717) is 16.1 Å².